The first-order chi connectivity index (χ1) is 10.7. The van der Waals surface area contributed by atoms with Gasteiger partial charge in [0.15, 0.2) is 0 Å². The number of ether oxygens (including phenoxy) is 1. The highest BCUT2D eigenvalue weighted by Gasteiger charge is 2.18. The van der Waals surface area contributed by atoms with E-state index < -0.39 is 0 Å². The Kier molecular flexibility index (Phi) is 4.29. The fourth-order valence-corrected chi connectivity index (χ4v) is 2.90. The van der Waals surface area contributed by atoms with E-state index in [4.69, 9.17) is 10.5 Å². The molecule has 0 radical (unpaired) electrons. The number of para-hydroxylation sites is 1. The standard InChI is InChI=1S/C16H22N4O2/c1-2-14-19-16-12(17)6-3-7-13(16)20(14)10-15(21)18-9-11-5-4-8-22-11/h3,6-7,11H,2,4-5,8-10,17H2,1H3,(H,18,21). The third kappa shape index (κ3) is 2.92. The molecule has 0 spiro atoms. The van der Waals surface area contributed by atoms with Crippen LogP contribution in [-0.2, 0) is 22.5 Å². The number of nitrogens with one attached hydrogen (secondary N) is 1. The minimum absolute atomic E-state index is 0.0214. The van der Waals surface area contributed by atoms with Crippen LogP contribution in [0.3, 0.4) is 0 Å². The predicted octanol–water partition coefficient (Wildman–Crippen LogP) is 1.48. The molecule has 118 valence electrons. The van der Waals surface area contributed by atoms with Gasteiger partial charge < -0.3 is 20.4 Å². The number of nitrogen functional groups attached to an aromatic ring is 1. The Bertz CT molecular complexity index is 674. The molecule has 1 aromatic carbocycles. The zero-order valence-corrected chi connectivity index (χ0v) is 12.8. The summed E-state index contributed by atoms with van der Waals surface area (Å²) in [6.45, 7) is 3.66. The van der Waals surface area contributed by atoms with Crippen molar-refractivity contribution >= 4 is 22.6 Å². The Labute approximate surface area is 129 Å². The maximum Gasteiger partial charge on any atom is 0.240 e. The molecule has 22 heavy (non-hydrogen) atoms. The van der Waals surface area contributed by atoms with E-state index in [1.54, 1.807) is 0 Å². The smallest absolute Gasteiger partial charge is 0.240 e. The van der Waals surface area contributed by atoms with Crippen LogP contribution in [0.15, 0.2) is 18.2 Å². The van der Waals surface area contributed by atoms with Crippen molar-refractivity contribution in [2.24, 2.45) is 0 Å². The first-order valence-electron chi connectivity index (χ1n) is 7.81. The average Bonchev–Trinajstić information content (AvgIpc) is 3.14. The second-order valence-electron chi connectivity index (χ2n) is 5.62. The van der Waals surface area contributed by atoms with Gasteiger partial charge in [0.05, 0.1) is 17.3 Å². The number of nitrogens with two attached hydrogens (primary N) is 1. The molecule has 1 unspecified atom stereocenters. The third-order valence-electron chi connectivity index (χ3n) is 4.06. The van der Waals surface area contributed by atoms with Gasteiger partial charge in [0.25, 0.3) is 0 Å². The van der Waals surface area contributed by atoms with Crippen LogP contribution in [0.4, 0.5) is 5.69 Å². The van der Waals surface area contributed by atoms with Crippen LogP contribution >= 0.6 is 0 Å². The molecule has 1 saturated heterocycles. The van der Waals surface area contributed by atoms with Crippen LogP contribution in [0.1, 0.15) is 25.6 Å². The van der Waals surface area contributed by atoms with Gasteiger partial charge in [0.1, 0.15) is 17.9 Å². The van der Waals surface area contributed by atoms with Crippen molar-refractivity contribution in [3.8, 4) is 0 Å². The number of aromatic nitrogens is 2. The Balaban J connectivity index is 1.74. The maximum atomic E-state index is 12.2. The number of rotatable bonds is 5. The van der Waals surface area contributed by atoms with Gasteiger partial charge in [0, 0.05) is 19.6 Å². The fourth-order valence-electron chi connectivity index (χ4n) is 2.90. The summed E-state index contributed by atoms with van der Waals surface area (Å²) >= 11 is 0. The minimum Gasteiger partial charge on any atom is -0.397 e. The van der Waals surface area contributed by atoms with E-state index in [2.05, 4.69) is 10.3 Å². The van der Waals surface area contributed by atoms with Gasteiger partial charge in [-0.25, -0.2) is 4.98 Å². The molecule has 3 rings (SSSR count). The Hall–Kier alpha value is -2.08. The van der Waals surface area contributed by atoms with Gasteiger partial charge in [-0.3, -0.25) is 4.79 Å². The molecule has 0 aliphatic carbocycles. The molecular weight excluding hydrogens is 280 g/mol. The zero-order valence-electron chi connectivity index (χ0n) is 12.8. The second kappa shape index (κ2) is 6.36. The lowest BCUT2D eigenvalue weighted by molar-refractivity contribution is -0.122. The minimum atomic E-state index is -0.0214. The van der Waals surface area contributed by atoms with Gasteiger partial charge in [0.2, 0.25) is 5.91 Å². The molecule has 2 aromatic rings. The summed E-state index contributed by atoms with van der Waals surface area (Å²) in [6, 6.07) is 5.67. The number of hydrogen-bond acceptors (Lipinski definition) is 4. The van der Waals surface area contributed by atoms with Crippen molar-refractivity contribution in [1.82, 2.24) is 14.9 Å². The van der Waals surface area contributed by atoms with E-state index in [1.807, 2.05) is 29.7 Å². The molecule has 1 fully saturated rings. The molecule has 1 aliphatic rings. The summed E-state index contributed by atoms with van der Waals surface area (Å²) in [6.07, 6.45) is 3.01. The van der Waals surface area contributed by atoms with Crippen LogP contribution in [0, 0.1) is 0 Å². The predicted molar refractivity (Wildman–Crippen MR) is 85.5 cm³/mol. The average molecular weight is 302 g/mol. The highest BCUT2D eigenvalue weighted by molar-refractivity contribution is 5.89. The van der Waals surface area contributed by atoms with Crippen LogP contribution in [0.25, 0.3) is 11.0 Å². The Morgan fingerprint density at radius 1 is 1.55 bits per heavy atom. The molecule has 1 aliphatic heterocycles. The number of carbonyl (C=O) groups excluding carboxylic acids is 1. The number of anilines is 1. The van der Waals surface area contributed by atoms with E-state index >= 15 is 0 Å². The number of nitrogens with zero attached hydrogens (tertiary/aromatic N) is 2. The molecule has 0 bridgehead atoms. The normalized spacial score (nSPS) is 18.0. The number of amides is 1. The molecule has 0 saturated carbocycles. The quantitative estimate of drug-likeness (QED) is 0.820. The molecule has 6 nitrogen and oxygen atoms in total. The number of fused-ring (bicyclic) bond motifs is 1. The van der Waals surface area contributed by atoms with Crippen LogP contribution < -0.4 is 11.1 Å². The first kappa shape index (κ1) is 14.8. The van der Waals surface area contributed by atoms with Crippen LogP contribution in [0.5, 0.6) is 0 Å². The summed E-state index contributed by atoms with van der Waals surface area (Å²) in [7, 11) is 0. The summed E-state index contributed by atoms with van der Waals surface area (Å²) in [5, 5.41) is 2.95. The number of benzene rings is 1. The van der Waals surface area contributed by atoms with Crippen molar-refractivity contribution in [2.45, 2.75) is 38.8 Å². The van der Waals surface area contributed by atoms with E-state index in [-0.39, 0.29) is 18.6 Å². The van der Waals surface area contributed by atoms with E-state index in [9.17, 15) is 4.79 Å². The van der Waals surface area contributed by atoms with Crippen LogP contribution in [0.2, 0.25) is 0 Å². The molecule has 1 amide bonds. The lowest BCUT2D eigenvalue weighted by atomic mass is 10.2. The van der Waals surface area contributed by atoms with Crippen molar-refractivity contribution in [1.29, 1.82) is 0 Å². The summed E-state index contributed by atoms with van der Waals surface area (Å²) in [4.78, 5) is 16.8. The number of aryl methyl sites for hydroxylation is 1. The monoisotopic (exact) mass is 302 g/mol. The lowest BCUT2D eigenvalue weighted by Crippen LogP contribution is -2.34. The zero-order chi connectivity index (χ0) is 15.5. The first-order valence-corrected chi connectivity index (χ1v) is 7.81. The van der Waals surface area contributed by atoms with Crippen molar-refractivity contribution < 1.29 is 9.53 Å². The van der Waals surface area contributed by atoms with Crippen LogP contribution in [-0.4, -0.2) is 34.7 Å². The number of carbonyl (C=O) groups is 1. The summed E-state index contributed by atoms with van der Waals surface area (Å²) < 4.78 is 7.46. The highest BCUT2D eigenvalue weighted by Crippen LogP contribution is 2.22. The summed E-state index contributed by atoms with van der Waals surface area (Å²) in [5.74, 6) is 0.854. The molecule has 1 aromatic heterocycles. The largest absolute Gasteiger partial charge is 0.397 e. The van der Waals surface area contributed by atoms with Gasteiger partial charge in [-0.05, 0) is 25.0 Å². The van der Waals surface area contributed by atoms with Gasteiger partial charge in [-0.2, -0.15) is 0 Å². The van der Waals surface area contributed by atoms with E-state index in [0.717, 1.165) is 42.7 Å². The third-order valence-corrected chi connectivity index (χ3v) is 4.06. The second-order valence-corrected chi connectivity index (χ2v) is 5.62. The maximum absolute atomic E-state index is 12.2. The van der Waals surface area contributed by atoms with Crippen molar-refractivity contribution in [3.05, 3.63) is 24.0 Å². The van der Waals surface area contributed by atoms with Gasteiger partial charge in [-0.15, -0.1) is 0 Å². The topological polar surface area (TPSA) is 82.2 Å². The molecule has 6 heteroatoms. The van der Waals surface area contributed by atoms with Crippen molar-refractivity contribution in [3.63, 3.8) is 0 Å². The SMILES string of the molecule is CCc1nc2c(N)cccc2n1CC(=O)NCC1CCCO1. The highest BCUT2D eigenvalue weighted by atomic mass is 16.5. The van der Waals surface area contributed by atoms with Gasteiger partial charge in [-0.1, -0.05) is 13.0 Å². The Morgan fingerprint density at radius 3 is 3.14 bits per heavy atom. The lowest BCUT2D eigenvalue weighted by Gasteiger charge is -2.12. The van der Waals surface area contributed by atoms with Gasteiger partial charge >= 0.3 is 0 Å². The molecule has 3 N–H and O–H groups in total. The number of imidazole rings is 1. The molecular formula is C16H22N4O2. The fraction of sp³-hybridized carbons (Fsp3) is 0.500. The number of hydrogen-bond donors (Lipinski definition) is 2. The molecule has 2 heterocycles. The molecule has 1 atom stereocenters. The van der Waals surface area contributed by atoms with Crippen molar-refractivity contribution in [2.75, 3.05) is 18.9 Å². The van der Waals surface area contributed by atoms with E-state index in [0.29, 0.717) is 12.2 Å². The Morgan fingerprint density at radius 2 is 2.41 bits per heavy atom. The summed E-state index contributed by atoms with van der Waals surface area (Å²) in [5.41, 5.74) is 8.29. The van der Waals surface area contributed by atoms with E-state index in [1.165, 1.54) is 0 Å².